The van der Waals surface area contributed by atoms with Gasteiger partial charge in [-0.05, 0) is 31.2 Å². The SMILES string of the molecule is CCN1C(=O)c2ccc3c4c(ccc(c24)C1=O)C(=O)OC3=O. The quantitative estimate of drug-likeness (QED) is 0.455. The Bertz CT molecular complexity index is 859. The lowest BCUT2D eigenvalue weighted by Gasteiger charge is -2.28. The lowest BCUT2D eigenvalue weighted by Crippen LogP contribution is -2.40. The highest BCUT2D eigenvalue weighted by Gasteiger charge is 2.37. The van der Waals surface area contributed by atoms with Gasteiger partial charge in [-0.15, -0.1) is 0 Å². The summed E-state index contributed by atoms with van der Waals surface area (Å²) >= 11 is 0. The third-order valence-corrected chi connectivity index (χ3v) is 4.05. The summed E-state index contributed by atoms with van der Waals surface area (Å²) in [5, 5.41) is 0.688. The van der Waals surface area contributed by atoms with Crippen LogP contribution in [0.2, 0.25) is 0 Å². The minimum absolute atomic E-state index is 0.195. The van der Waals surface area contributed by atoms with Crippen molar-refractivity contribution in [3.8, 4) is 0 Å². The molecule has 0 radical (unpaired) electrons. The van der Waals surface area contributed by atoms with Crippen LogP contribution in [-0.2, 0) is 4.74 Å². The van der Waals surface area contributed by atoms with E-state index < -0.39 is 23.8 Å². The molecular weight excluding hydrogens is 286 g/mol. The van der Waals surface area contributed by atoms with Crippen molar-refractivity contribution in [1.82, 2.24) is 4.90 Å². The van der Waals surface area contributed by atoms with E-state index >= 15 is 0 Å². The molecule has 4 rings (SSSR count). The predicted octanol–water partition coefficient (Wildman–Crippen LogP) is 1.77. The molecule has 2 aliphatic rings. The van der Waals surface area contributed by atoms with Crippen molar-refractivity contribution in [1.29, 1.82) is 0 Å². The maximum atomic E-state index is 12.4. The summed E-state index contributed by atoms with van der Waals surface area (Å²) in [5.74, 6) is -2.37. The lowest BCUT2D eigenvalue weighted by molar-refractivity contribution is 0.0389. The van der Waals surface area contributed by atoms with Gasteiger partial charge in [0.1, 0.15) is 0 Å². The van der Waals surface area contributed by atoms with Gasteiger partial charge in [0.05, 0.1) is 11.1 Å². The molecule has 2 aromatic rings. The summed E-state index contributed by atoms with van der Waals surface area (Å²) in [6.07, 6.45) is 0. The highest BCUT2D eigenvalue weighted by Crippen LogP contribution is 2.36. The van der Waals surface area contributed by atoms with Crippen molar-refractivity contribution in [3.63, 3.8) is 0 Å². The highest BCUT2D eigenvalue weighted by atomic mass is 16.6. The molecule has 0 unspecified atom stereocenters. The summed E-state index contributed by atoms with van der Waals surface area (Å²) in [6.45, 7) is 1.97. The van der Waals surface area contributed by atoms with E-state index in [0.717, 1.165) is 4.90 Å². The van der Waals surface area contributed by atoms with Crippen molar-refractivity contribution < 1.29 is 23.9 Å². The van der Waals surface area contributed by atoms with Gasteiger partial charge in [0, 0.05) is 28.4 Å². The Morgan fingerprint density at radius 1 is 0.773 bits per heavy atom. The van der Waals surface area contributed by atoms with Gasteiger partial charge in [0.15, 0.2) is 0 Å². The zero-order chi connectivity index (χ0) is 15.6. The van der Waals surface area contributed by atoms with Gasteiger partial charge in [0.2, 0.25) is 0 Å². The molecule has 0 fully saturated rings. The average molecular weight is 295 g/mol. The molecule has 108 valence electrons. The van der Waals surface area contributed by atoms with E-state index in [0.29, 0.717) is 21.9 Å². The fourth-order valence-electron chi connectivity index (χ4n) is 3.06. The maximum absolute atomic E-state index is 12.4. The molecule has 2 aliphatic heterocycles. The number of hydrogen-bond acceptors (Lipinski definition) is 5. The molecule has 0 aliphatic carbocycles. The van der Waals surface area contributed by atoms with Crippen LogP contribution in [0.1, 0.15) is 48.4 Å². The summed E-state index contributed by atoms with van der Waals surface area (Å²) in [5.41, 5.74) is 1.03. The summed E-state index contributed by atoms with van der Waals surface area (Å²) in [7, 11) is 0. The molecule has 0 aromatic heterocycles. The molecule has 2 heterocycles. The molecule has 22 heavy (non-hydrogen) atoms. The van der Waals surface area contributed by atoms with Crippen LogP contribution in [0.3, 0.4) is 0 Å². The van der Waals surface area contributed by atoms with E-state index in [1.54, 1.807) is 6.92 Å². The monoisotopic (exact) mass is 295 g/mol. The van der Waals surface area contributed by atoms with Crippen molar-refractivity contribution in [2.24, 2.45) is 0 Å². The fraction of sp³-hybridized carbons (Fsp3) is 0.125. The number of amides is 2. The van der Waals surface area contributed by atoms with Crippen molar-refractivity contribution in [3.05, 3.63) is 46.5 Å². The first-order valence-electron chi connectivity index (χ1n) is 6.77. The molecule has 6 nitrogen and oxygen atoms in total. The topological polar surface area (TPSA) is 80.8 Å². The van der Waals surface area contributed by atoms with Crippen LogP contribution in [0.5, 0.6) is 0 Å². The van der Waals surface area contributed by atoms with Gasteiger partial charge in [-0.2, -0.15) is 0 Å². The number of cyclic esters (lactones) is 2. The molecule has 6 heteroatoms. The van der Waals surface area contributed by atoms with Gasteiger partial charge in [-0.25, -0.2) is 9.59 Å². The first kappa shape index (κ1) is 12.7. The zero-order valence-electron chi connectivity index (χ0n) is 11.5. The van der Waals surface area contributed by atoms with Crippen LogP contribution in [0.4, 0.5) is 0 Å². The number of hydrogen-bond donors (Lipinski definition) is 0. The van der Waals surface area contributed by atoms with E-state index in [-0.39, 0.29) is 17.7 Å². The molecule has 0 bridgehead atoms. The summed E-state index contributed by atoms with van der Waals surface area (Å²) in [4.78, 5) is 49.8. The van der Waals surface area contributed by atoms with Gasteiger partial charge in [0.25, 0.3) is 11.8 Å². The van der Waals surface area contributed by atoms with E-state index in [1.807, 2.05) is 0 Å². The number of carbonyl (C=O) groups is 4. The van der Waals surface area contributed by atoms with Crippen LogP contribution >= 0.6 is 0 Å². The van der Waals surface area contributed by atoms with Gasteiger partial charge in [-0.3, -0.25) is 14.5 Å². The van der Waals surface area contributed by atoms with E-state index in [2.05, 4.69) is 4.74 Å². The van der Waals surface area contributed by atoms with Gasteiger partial charge < -0.3 is 4.74 Å². The minimum Gasteiger partial charge on any atom is -0.386 e. The molecule has 0 atom stereocenters. The van der Waals surface area contributed by atoms with E-state index in [4.69, 9.17) is 0 Å². The van der Waals surface area contributed by atoms with Crippen molar-refractivity contribution in [2.45, 2.75) is 6.92 Å². The Labute approximate surface area is 124 Å². The smallest absolute Gasteiger partial charge is 0.346 e. The van der Waals surface area contributed by atoms with Crippen LogP contribution < -0.4 is 0 Å². The fourth-order valence-corrected chi connectivity index (χ4v) is 3.06. The number of benzene rings is 2. The highest BCUT2D eigenvalue weighted by molar-refractivity contribution is 6.31. The van der Waals surface area contributed by atoms with Crippen molar-refractivity contribution >= 4 is 34.5 Å². The number of carbonyl (C=O) groups excluding carboxylic acids is 4. The number of nitrogens with zero attached hydrogens (tertiary/aromatic N) is 1. The zero-order valence-corrected chi connectivity index (χ0v) is 11.5. The summed E-state index contributed by atoms with van der Waals surface area (Å²) < 4.78 is 4.67. The first-order chi connectivity index (χ1) is 10.5. The number of esters is 2. The largest absolute Gasteiger partial charge is 0.386 e. The number of ether oxygens (including phenoxy) is 1. The average Bonchev–Trinajstić information content (AvgIpc) is 2.51. The van der Waals surface area contributed by atoms with Crippen LogP contribution in [0, 0.1) is 0 Å². The Balaban J connectivity index is 2.20. The Morgan fingerprint density at radius 2 is 1.18 bits per heavy atom. The molecule has 2 aromatic carbocycles. The Kier molecular flexibility index (Phi) is 2.31. The van der Waals surface area contributed by atoms with Crippen LogP contribution in [0.25, 0.3) is 10.8 Å². The van der Waals surface area contributed by atoms with Crippen molar-refractivity contribution in [2.75, 3.05) is 6.54 Å². The van der Waals surface area contributed by atoms with E-state index in [1.165, 1.54) is 24.3 Å². The molecule has 0 N–H and O–H groups in total. The Morgan fingerprint density at radius 3 is 1.64 bits per heavy atom. The lowest BCUT2D eigenvalue weighted by atomic mass is 9.87. The van der Waals surface area contributed by atoms with Gasteiger partial charge >= 0.3 is 11.9 Å². The Hall–Kier alpha value is -3.02. The second-order valence-electron chi connectivity index (χ2n) is 5.10. The van der Waals surface area contributed by atoms with E-state index in [9.17, 15) is 19.2 Å². The molecular formula is C16H9NO5. The van der Waals surface area contributed by atoms with Crippen LogP contribution in [0.15, 0.2) is 24.3 Å². The molecule has 0 spiro atoms. The molecule has 0 saturated heterocycles. The third kappa shape index (κ3) is 1.34. The predicted molar refractivity (Wildman–Crippen MR) is 74.7 cm³/mol. The minimum atomic E-state index is -0.765. The molecule has 2 amide bonds. The number of imide groups is 1. The molecule has 0 saturated carbocycles. The third-order valence-electron chi connectivity index (χ3n) is 4.05. The van der Waals surface area contributed by atoms with Gasteiger partial charge in [-0.1, -0.05) is 0 Å². The standard InChI is InChI=1S/C16H9NO5/c1-2-17-13(18)7-3-5-9-12-10(16(21)22-15(9)20)6-4-8(11(7)12)14(17)19/h3-6H,2H2,1H3. The summed E-state index contributed by atoms with van der Waals surface area (Å²) in [6, 6.07) is 5.92. The second-order valence-corrected chi connectivity index (χ2v) is 5.10. The number of rotatable bonds is 1. The first-order valence-corrected chi connectivity index (χ1v) is 6.77. The second kappa shape index (κ2) is 4.00. The maximum Gasteiger partial charge on any atom is 0.346 e. The normalized spacial score (nSPS) is 16.3. The van der Waals surface area contributed by atoms with Crippen LogP contribution in [-0.4, -0.2) is 35.2 Å².